The molecule has 1 aliphatic heterocycles. The van der Waals surface area contributed by atoms with Crippen molar-refractivity contribution >= 4 is 5.91 Å². The van der Waals surface area contributed by atoms with Crippen LogP contribution in [-0.4, -0.2) is 40.0 Å². The summed E-state index contributed by atoms with van der Waals surface area (Å²) in [5, 5.41) is 3.12. The van der Waals surface area contributed by atoms with E-state index >= 15 is 0 Å². The molecule has 0 spiro atoms. The van der Waals surface area contributed by atoms with Crippen LogP contribution in [0, 0.1) is 19.8 Å². The van der Waals surface area contributed by atoms with Crippen LogP contribution < -0.4 is 5.32 Å². The van der Waals surface area contributed by atoms with Gasteiger partial charge in [0.15, 0.2) is 0 Å². The van der Waals surface area contributed by atoms with Gasteiger partial charge in [-0.1, -0.05) is 19.3 Å². The van der Waals surface area contributed by atoms with Gasteiger partial charge in [-0.2, -0.15) is 0 Å². The molecule has 2 aromatic heterocycles. The number of amides is 1. The van der Waals surface area contributed by atoms with E-state index in [0.29, 0.717) is 23.3 Å². The molecule has 0 radical (unpaired) electrons. The first-order valence-corrected chi connectivity index (χ1v) is 11.2. The molecule has 1 unspecified atom stereocenters. The highest BCUT2D eigenvalue weighted by Crippen LogP contribution is 2.29. The van der Waals surface area contributed by atoms with Crippen molar-refractivity contribution in [1.82, 2.24) is 19.8 Å². The monoisotopic (exact) mass is 398 g/mol. The predicted octanol–water partition coefficient (Wildman–Crippen LogP) is 4.24. The topological polar surface area (TPSA) is 63.3 Å². The van der Waals surface area contributed by atoms with Gasteiger partial charge in [-0.05, 0) is 58.1 Å². The molecule has 2 fully saturated rings. The third kappa shape index (κ3) is 4.92. The fraction of sp³-hybridized carbons (Fsp3) is 0.652. The van der Waals surface area contributed by atoms with Crippen molar-refractivity contribution in [2.75, 3.05) is 19.6 Å². The number of nitrogens with one attached hydrogen (secondary N) is 1. The van der Waals surface area contributed by atoms with Crippen molar-refractivity contribution in [2.24, 2.45) is 5.92 Å². The Morgan fingerprint density at radius 3 is 2.79 bits per heavy atom. The zero-order valence-corrected chi connectivity index (χ0v) is 17.8. The summed E-state index contributed by atoms with van der Waals surface area (Å²) >= 11 is 0. The minimum Gasteiger partial charge on any atom is -0.466 e. The number of hydrogen-bond acceptors (Lipinski definition) is 4. The second-order valence-corrected chi connectivity index (χ2v) is 8.86. The Balaban J connectivity index is 1.30. The van der Waals surface area contributed by atoms with Crippen molar-refractivity contribution in [3.8, 4) is 0 Å². The van der Waals surface area contributed by atoms with Crippen LogP contribution in [0.4, 0.5) is 0 Å². The second-order valence-electron chi connectivity index (χ2n) is 8.86. The lowest BCUT2D eigenvalue weighted by molar-refractivity contribution is 0.0928. The van der Waals surface area contributed by atoms with Gasteiger partial charge >= 0.3 is 0 Å². The van der Waals surface area contributed by atoms with Crippen molar-refractivity contribution < 1.29 is 9.21 Å². The van der Waals surface area contributed by atoms with E-state index in [1.807, 2.05) is 32.4 Å². The highest BCUT2D eigenvalue weighted by atomic mass is 16.3. The van der Waals surface area contributed by atoms with Gasteiger partial charge < -0.3 is 14.3 Å². The number of carbonyl (C=O) groups excluding carboxylic acids is 1. The molecule has 4 rings (SSSR count). The molecule has 1 saturated heterocycles. The number of nitrogens with zero attached hydrogens (tertiary/aromatic N) is 3. The van der Waals surface area contributed by atoms with E-state index in [0.717, 1.165) is 31.9 Å². The van der Waals surface area contributed by atoms with Crippen molar-refractivity contribution in [1.29, 1.82) is 0 Å². The number of furan rings is 1. The summed E-state index contributed by atoms with van der Waals surface area (Å²) in [5.41, 5.74) is 2.00. The first-order valence-electron chi connectivity index (χ1n) is 11.2. The maximum Gasteiger partial charge on any atom is 0.254 e. The first-order chi connectivity index (χ1) is 14.1. The second kappa shape index (κ2) is 9.16. The quantitative estimate of drug-likeness (QED) is 0.790. The average molecular weight is 399 g/mol. The van der Waals surface area contributed by atoms with Crippen LogP contribution in [0.3, 0.4) is 0 Å². The number of imidazole rings is 1. The largest absolute Gasteiger partial charge is 0.466 e. The number of aryl methyl sites for hydroxylation is 2. The zero-order chi connectivity index (χ0) is 20.2. The predicted molar refractivity (Wildman–Crippen MR) is 113 cm³/mol. The molecule has 1 amide bonds. The van der Waals surface area contributed by atoms with E-state index in [4.69, 9.17) is 4.42 Å². The van der Waals surface area contributed by atoms with Gasteiger partial charge in [0, 0.05) is 31.9 Å². The Hall–Kier alpha value is -2.08. The van der Waals surface area contributed by atoms with Crippen LogP contribution >= 0.6 is 0 Å². The molecule has 29 heavy (non-hydrogen) atoms. The summed E-state index contributed by atoms with van der Waals surface area (Å²) in [7, 11) is 0. The summed E-state index contributed by atoms with van der Waals surface area (Å²) in [6, 6.07) is 2.45. The van der Waals surface area contributed by atoms with Gasteiger partial charge in [0.1, 0.15) is 11.5 Å². The maximum absolute atomic E-state index is 12.5. The van der Waals surface area contributed by atoms with Crippen LogP contribution in [0.1, 0.15) is 78.6 Å². The van der Waals surface area contributed by atoms with Gasteiger partial charge in [-0.25, -0.2) is 4.98 Å². The Bertz CT molecular complexity index is 819. The third-order valence-corrected chi connectivity index (χ3v) is 6.54. The fourth-order valence-electron chi connectivity index (χ4n) is 5.02. The van der Waals surface area contributed by atoms with E-state index in [1.165, 1.54) is 50.6 Å². The number of piperidine rings is 1. The Morgan fingerprint density at radius 1 is 1.21 bits per heavy atom. The molecule has 158 valence electrons. The molecule has 2 aliphatic rings. The minimum absolute atomic E-state index is 0.0214. The average Bonchev–Trinajstić information content (AvgIpc) is 3.32. The smallest absolute Gasteiger partial charge is 0.254 e. The lowest BCUT2D eigenvalue weighted by Gasteiger charge is -2.33. The molecule has 2 aromatic rings. The van der Waals surface area contributed by atoms with E-state index in [-0.39, 0.29) is 5.91 Å². The van der Waals surface area contributed by atoms with Gasteiger partial charge in [-0.15, -0.1) is 0 Å². The summed E-state index contributed by atoms with van der Waals surface area (Å²) in [5.74, 6) is 1.95. The molecular weight excluding hydrogens is 364 g/mol. The van der Waals surface area contributed by atoms with Gasteiger partial charge in [0.25, 0.3) is 5.91 Å². The lowest BCUT2D eigenvalue weighted by atomic mass is 9.95. The lowest BCUT2D eigenvalue weighted by Crippen LogP contribution is -2.41. The summed E-state index contributed by atoms with van der Waals surface area (Å²) in [4.78, 5) is 19.5. The van der Waals surface area contributed by atoms with Crippen LogP contribution in [0.15, 0.2) is 23.0 Å². The highest BCUT2D eigenvalue weighted by molar-refractivity contribution is 5.95. The number of carbonyl (C=O) groups is 1. The Morgan fingerprint density at radius 2 is 2.03 bits per heavy atom. The van der Waals surface area contributed by atoms with E-state index < -0.39 is 0 Å². The van der Waals surface area contributed by atoms with E-state index in [2.05, 4.69) is 19.8 Å². The summed E-state index contributed by atoms with van der Waals surface area (Å²) < 4.78 is 7.91. The maximum atomic E-state index is 12.5. The number of rotatable bonds is 6. The Labute approximate surface area is 173 Å². The standard InChI is InChI=1S/C23H34N4O2/c1-17-11-22(18(2)29-17)23(28)25-12-19-7-6-10-26(14-19)15-21-13-24-16-27(21)20-8-4-3-5-9-20/h11,13,16,19-20H,3-10,12,14-15H2,1-2H3,(H,25,28). The molecule has 0 bridgehead atoms. The third-order valence-electron chi connectivity index (χ3n) is 6.54. The first kappa shape index (κ1) is 20.2. The van der Waals surface area contributed by atoms with Crippen LogP contribution in [0.5, 0.6) is 0 Å². The molecule has 1 N–H and O–H groups in total. The SMILES string of the molecule is Cc1cc(C(=O)NCC2CCCN(Cc3cncn3C3CCCCC3)C2)c(C)o1. The van der Waals surface area contributed by atoms with E-state index in [1.54, 1.807) is 0 Å². The van der Waals surface area contributed by atoms with E-state index in [9.17, 15) is 4.79 Å². The zero-order valence-electron chi connectivity index (χ0n) is 17.8. The van der Waals surface area contributed by atoms with Crippen molar-refractivity contribution in [3.63, 3.8) is 0 Å². The summed E-state index contributed by atoms with van der Waals surface area (Å²) in [6.07, 6.45) is 13.0. The minimum atomic E-state index is -0.0214. The normalized spacial score (nSPS) is 21.4. The van der Waals surface area contributed by atoms with Gasteiger partial charge in [0.05, 0.1) is 17.6 Å². The molecule has 1 atom stereocenters. The summed E-state index contributed by atoms with van der Waals surface area (Å²) in [6.45, 7) is 7.56. The molecule has 6 nitrogen and oxygen atoms in total. The van der Waals surface area contributed by atoms with Crippen LogP contribution in [-0.2, 0) is 6.54 Å². The Kier molecular flexibility index (Phi) is 6.38. The number of likely N-dealkylation sites (tertiary alicyclic amines) is 1. The number of aromatic nitrogens is 2. The number of hydrogen-bond donors (Lipinski definition) is 1. The molecule has 1 aliphatic carbocycles. The highest BCUT2D eigenvalue weighted by Gasteiger charge is 2.24. The van der Waals surface area contributed by atoms with Gasteiger partial charge in [-0.3, -0.25) is 9.69 Å². The van der Waals surface area contributed by atoms with Crippen LogP contribution in [0.25, 0.3) is 0 Å². The molecule has 3 heterocycles. The fourth-order valence-corrected chi connectivity index (χ4v) is 5.02. The molecule has 1 saturated carbocycles. The molecular formula is C23H34N4O2. The van der Waals surface area contributed by atoms with Crippen LogP contribution in [0.2, 0.25) is 0 Å². The van der Waals surface area contributed by atoms with Crippen molar-refractivity contribution in [3.05, 3.63) is 41.4 Å². The van der Waals surface area contributed by atoms with Gasteiger partial charge in [0.2, 0.25) is 0 Å². The molecule has 6 heteroatoms. The molecule has 0 aromatic carbocycles. The van der Waals surface area contributed by atoms with Crippen molar-refractivity contribution in [2.45, 2.75) is 71.4 Å².